The average molecular weight is 332 g/mol. The molecule has 3 heteroatoms. The van der Waals surface area contributed by atoms with Crippen LogP contribution in [0.1, 0.15) is 35.2 Å². The molecule has 25 heavy (non-hydrogen) atoms. The van der Waals surface area contributed by atoms with Crippen molar-refractivity contribution in [2.24, 2.45) is 0 Å². The zero-order chi connectivity index (χ0) is 17.4. The number of nitrogens with zero attached hydrogens (tertiary/aromatic N) is 1. The molecule has 0 atom stereocenters. The maximum atomic E-state index is 12.7. The van der Waals surface area contributed by atoms with Crippen molar-refractivity contribution in [3.05, 3.63) is 64.8 Å². The van der Waals surface area contributed by atoms with E-state index in [1.165, 1.54) is 46.1 Å². The Hall–Kier alpha value is -2.55. The number of rotatable bonds is 3. The molecule has 1 heterocycles. The third-order valence-electron chi connectivity index (χ3n) is 5.09. The lowest BCUT2D eigenvalue weighted by atomic mass is 9.96. The Bertz CT molecular complexity index is 932. The van der Waals surface area contributed by atoms with Crippen LogP contribution in [0.15, 0.2) is 42.5 Å². The first-order valence-corrected chi connectivity index (χ1v) is 9.09. The molecule has 1 aromatic heterocycles. The number of para-hydroxylation sites is 1. The minimum Gasteiger partial charge on any atom is -0.335 e. The number of amides is 1. The quantitative estimate of drug-likeness (QED) is 0.736. The maximum absolute atomic E-state index is 12.7. The van der Waals surface area contributed by atoms with E-state index in [4.69, 9.17) is 0 Å². The van der Waals surface area contributed by atoms with Crippen molar-refractivity contribution in [2.45, 2.75) is 46.1 Å². The SMILES string of the molecule is Cc1cc(C)cc(NC(=O)Cn2c3c(c4ccccc42)CCCC3)c1. The third-order valence-corrected chi connectivity index (χ3v) is 5.09. The smallest absolute Gasteiger partial charge is 0.244 e. The van der Waals surface area contributed by atoms with Gasteiger partial charge in [-0.2, -0.15) is 0 Å². The van der Waals surface area contributed by atoms with Crippen molar-refractivity contribution in [1.82, 2.24) is 4.57 Å². The largest absolute Gasteiger partial charge is 0.335 e. The molecule has 0 fully saturated rings. The highest BCUT2D eigenvalue weighted by Gasteiger charge is 2.20. The Labute approximate surface area is 148 Å². The molecular weight excluding hydrogens is 308 g/mol. The van der Waals surface area contributed by atoms with Gasteiger partial charge in [0.2, 0.25) is 5.91 Å². The Morgan fingerprint density at radius 3 is 2.56 bits per heavy atom. The van der Waals surface area contributed by atoms with Crippen LogP contribution < -0.4 is 5.32 Å². The molecule has 0 aliphatic heterocycles. The second kappa shape index (κ2) is 6.40. The fourth-order valence-corrected chi connectivity index (χ4v) is 4.16. The predicted octanol–water partition coefficient (Wildman–Crippen LogP) is 4.78. The van der Waals surface area contributed by atoms with Crippen LogP contribution in [0.3, 0.4) is 0 Å². The van der Waals surface area contributed by atoms with E-state index >= 15 is 0 Å². The van der Waals surface area contributed by atoms with E-state index in [0.717, 1.165) is 18.5 Å². The van der Waals surface area contributed by atoms with Crippen LogP contribution in [0.25, 0.3) is 10.9 Å². The molecule has 0 saturated heterocycles. The first-order chi connectivity index (χ1) is 12.1. The summed E-state index contributed by atoms with van der Waals surface area (Å²) in [5.74, 6) is 0.0409. The van der Waals surface area contributed by atoms with Crippen molar-refractivity contribution in [2.75, 3.05) is 5.32 Å². The Kier molecular flexibility index (Phi) is 4.08. The minimum atomic E-state index is 0.0409. The lowest BCUT2D eigenvalue weighted by molar-refractivity contribution is -0.116. The number of nitrogens with one attached hydrogen (secondary N) is 1. The van der Waals surface area contributed by atoms with E-state index in [2.05, 4.69) is 54.1 Å². The number of carbonyl (C=O) groups is 1. The fraction of sp³-hybridized carbons (Fsp3) is 0.318. The number of hydrogen-bond donors (Lipinski definition) is 1. The van der Waals surface area contributed by atoms with E-state index < -0.39 is 0 Å². The van der Waals surface area contributed by atoms with Gasteiger partial charge in [0.1, 0.15) is 6.54 Å². The van der Waals surface area contributed by atoms with E-state index in [1.807, 2.05) is 12.1 Å². The molecule has 4 rings (SSSR count). The second-order valence-electron chi connectivity index (χ2n) is 7.16. The lowest BCUT2D eigenvalue weighted by Crippen LogP contribution is -2.21. The van der Waals surface area contributed by atoms with Crippen LogP contribution in [0.2, 0.25) is 0 Å². The van der Waals surface area contributed by atoms with Gasteiger partial charge in [0.25, 0.3) is 0 Å². The van der Waals surface area contributed by atoms with Gasteiger partial charge < -0.3 is 9.88 Å². The molecule has 0 unspecified atom stereocenters. The standard InChI is InChI=1S/C22H24N2O/c1-15-11-16(2)13-17(12-15)23-22(25)14-24-20-9-5-3-7-18(20)19-8-4-6-10-21(19)24/h3,5,7,9,11-13H,4,6,8,10,14H2,1-2H3,(H,23,25). The zero-order valence-corrected chi connectivity index (χ0v) is 14.9. The first kappa shape index (κ1) is 15.9. The number of aromatic nitrogens is 1. The number of anilines is 1. The van der Waals surface area contributed by atoms with Crippen molar-refractivity contribution in [1.29, 1.82) is 0 Å². The van der Waals surface area contributed by atoms with Crippen LogP contribution >= 0.6 is 0 Å². The summed E-state index contributed by atoms with van der Waals surface area (Å²) in [5.41, 5.74) is 7.19. The van der Waals surface area contributed by atoms with Crippen LogP contribution in [-0.2, 0) is 24.2 Å². The van der Waals surface area contributed by atoms with E-state index in [0.29, 0.717) is 6.54 Å². The Morgan fingerprint density at radius 2 is 1.76 bits per heavy atom. The van der Waals surface area contributed by atoms with Gasteiger partial charge in [-0.3, -0.25) is 4.79 Å². The summed E-state index contributed by atoms with van der Waals surface area (Å²) in [5, 5.41) is 4.39. The average Bonchev–Trinajstić information content (AvgIpc) is 2.89. The molecule has 0 radical (unpaired) electrons. The van der Waals surface area contributed by atoms with Crippen molar-refractivity contribution in [3.63, 3.8) is 0 Å². The van der Waals surface area contributed by atoms with E-state index in [9.17, 15) is 4.79 Å². The highest BCUT2D eigenvalue weighted by Crippen LogP contribution is 2.32. The highest BCUT2D eigenvalue weighted by molar-refractivity contribution is 5.93. The summed E-state index contributed by atoms with van der Waals surface area (Å²) < 4.78 is 2.22. The molecule has 0 spiro atoms. The van der Waals surface area contributed by atoms with E-state index in [1.54, 1.807) is 0 Å². The highest BCUT2D eigenvalue weighted by atomic mass is 16.1. The van der Waals surface area contributed by atoms with Gasteiger partial charge in [0.15, 0.2) is 0 Å². The van der Waals surface area contributed by atoms with Crippen LogP contribution in [0.4, 0.5) is 5.69 Å². The van der Waals surface area contributed by atoms with Crippen LogP contribution in [0, 0.1) is 13.8 Å². The van der Waals surface area contributed by atoms with Crippen molar-refractivity contribution in [3.8, 4) is 0 Å². The van der Waals surface area contributed by atoms with Gasteiger partial charge in [-0.05, 0) is 74.4 Å². The molecule has 3 aromatic rings. The number of fused-ring (bicyclic) bond motifs is 3. The van der Waals surface area contributed by atoms with Crippen LogP contribution in [-0.4, -0.2) is 10.5 Å². The van der Waals surface area contributed by atoms with Gasteiger partial charge >= 0.3 is 0 Å². The van der Waals surface area contributed by atoms with Crippen molar-refractivity contribution >= 4 is 22.5 Å². The molecule has 1 amide bonds. The van der Waals surface area contributed by atoms with Gasteiger partial charge in [0, 0.05) is 22.3 Å². The fourth-order valence-electron chi connectivity index (χ4n) is 4.16. The van der Waals surface area contributed by atoms with Gasteiger partial charge in [0.05, 0.1) is 0 Å². The molecule has 1 N–H and O–H groups in total. The summed E-state index contributed by atoms with van der Waals surface area (Å²) in [7, 11) is 0. The molecule has 0 bridgehead atoms. The second-order valence-corrected chi connectivity index (χ2v) is 7.16. The Morgan fingerprint density at radius 1 is 1.04 bits per heavy atom. The molecule has 1 aliphatic rings. The summed E-state index contributed by atoms with van der Waals surface area (Å²) in [4.78, 5) is 12.7. The monoisotopic (exact) mass is 332 g/mol. The van der Waals surface area contributed by atoms with Crippen LogP contribution in [0.5, 0.6) is 0 Å². The summed E-state index contributed by atoms with van der Waals surface area (Å²) in [6.45, 7) is 4.49. The number of aryl methyl sites for hydroxylation is 3. The molecule has 2 aromatic carbocycles. The topological polar surface area (TPSA) is 34.0 Å². The van der Waals surface area contributed by atoms with Gasteiger partial charge in [-0.15, -0.1) is 0 Å². The normalized spacial score (nSPS) is 13.7. The molecule has 0 saturated carbocycles. The summed E-state index contributed by atoms with van der Waals surface area (Å²) >= 11 is 0. The number of hydrogen-bond acceptors (Lipinski definition) is 1. The number of carbonyl (C=O) groups excluding carboxylic acids is 1. The Balaban J connectivity index is 1.65. The maximum Gasteiger partial charge on any atom is 0.244 e. The minimum absolute atomic E-state index is 0.0409. The van der Waals surface area contributed by atoms with E-state index in [-0.39, 0.29) is 5.91 Å². The first-order valence-electron chi connectivity index (χ1n) is 9.09. The lowest BCUT2D eigenvalue weighted by Gasteiger charge is -2.16. The molecule has 1 aliphatic carbocycles. The molecule has 128 valence electrons. The molecule has 3 nitrogen and oxygen atoms in total. The summed E-state index contributed by atoms with van der Waals surface area (Å²) in [6.07, 6.45) is 4.65. The van der Waals surface area contributed by atoms with Crippen molar-refractivity contribution < 1.29 is 4.79 Å². The van der Waals surface area contributed by atoms with Gasteiger partial charge in [-0.1, -0.05) is 24.3 Å². The predicted molar refractivity (Wildman–Crippen MR) is 103 cm³/mol. The van der Waals surface area contributed by atoms with Gasteiger partial charge in [-0.25, -0.2) is 0 Å². The summed E-state index contributed by atoms with van der Waals surface area (Å²) in [6, 6.07) is 14.6. The zero-order valence-electron chi connectivity index (χ0n) is 14.9. The third kappa shape index (κ3) is 3.07. The molecular formula is C22H24N2O. The number of benzene rings is 2.